The van der Waals surface area contributed by atoms with Crippen LogP contribution >= 0.6 is 0 Å². The molecule has 0 bridgehead atoms. The van der Waals surface area contributed by atoms with Crippen molar-refractivity contribution in [2.45, 2.75) is 31.6 Å². The second kappa shape index (κ2) is 13.9. The second-order valence-electron chi connectivity index (χ2n) is 10.7. The summed E-state index contributed by atoms with van der Waals surface area (Å²) in [6.07, 6.45) is -7.43. The first kappa shape index (κ1) is 34.8. The maximum atomic E-state index is 15.2. The minimum atomic E-state index is -5.28. The van der Waals surface area contributed by atoms with Gasteiger partial charge in [0.25, 0.3) is 0 Å². The normalized spacial score (nSPS) is 16.9. The molecule has 0 aliphatic carbocycles. The number of hydrogen-bond acceptors (Lipinski definition) is 4. The Bertz CT molecular complexity index is 1780. The minimum Gasteiger partial charge on any atom is -0.429 e. The average Bonchev–Trinajstić information content (AvgIpc) is 3.00. The maximum absolute atomic E-state index is 15.2. The summed E-state index contributed by atoms with van der Waals surface area (Å²) in [7, 11) is 0. The molecule has 4 aromatic rings. The molecule has 0 unspecified atom stereocenters. The van der Waals surface area contributed by atoms with E-state index < -0.39 is 76.0 Å². The van der Waals surface area contributed by atoms with Gasteiger partial charge in [-0.1, -0.05) is 30.3 Å². The maximum Gasteiger partial charge on any atom is 0.573 e. The van der Waals surface area contributed by atoms with Gasteiger partial charge in [-0.2, -0.15) is 8.78 Å². The van der Waals surface area contributed by atoms with Crippen LogP contribution in [0.3, 0.4) is 0 Å². The summed E-state index contributed by atoms with van der Waals surface area (Å²) in [4.78, 5) is 0. The second-order valence-corrected chi connectivity index (χ2v) is 10.7. The van der Waals surface area contributed by atoms with Gasteiger partial charge in [0.15, 0.2) is 17.9 Å². The molecule has 1 heterocycles. The predicted molar refractivity (Wildman–Crippen MR) is 152 cm³/mol. The highest BCUT2D eigenvalue weighted by molar-refractivity contribution is 5.72. The van der Waals surface area contributed by atoms with Crippen molar-refractivity contribution in [1.29, 1.82) is 0 Å². The summed E-state index contributed by atoms with van der Waals surface area (Å²) in [6.45, 7) is 4.51. The van der Waals surface area contributed by atoms with E-state index in [1.165, 1.54) is 18.2 Å². The van der Waals surface area contributed by atoms with Crippen LogP contribution in [-0.2, 0) is 15.6 Å². The van der Waals surface area contributed by atoms with Gasteiger partial charge >= 0.3 is 12.5 Å². The Morgan fingerprint density at radius 2 is 1.29 bits per heavy atom. The van der Waals surface area contributed by atoms with Crippen LogP contribution in [0.15, 0.2) is 79.4 Å². The quantitative estimate of drug-likeness (QED) is 0.123. The molecule has 1 fully saturated rings. The number of halogens is 10. The topological polar surface area (TPSA) is 36.9 Å². The predicted octanol–water partition coefficient (Wildman–Crippen LogP) is 10.4. The molecule has 1 aliphatic rings. The molecule has 0 spiro atoms. The summed E-state index contributed by atoms with van der Waals surface area (Å²) >= 11 is 0. The van der Waals surface area contributed by atoms with Crippen LogP contribution in [0.4, 0.5) is 43.9 Å². The molecule has 0 aromatic heterocycles. The van der Waals surface area contributed by atoms with Gasteiger partial charge in [0.1, 0.15) is 34.6 Å². The van der Waals surface area contributed by atoms with Crippen LogP contribution in [0.2, 0.25) is 0 Å². The summed E-state index contributed by atoms with van der Waals surface area (Å²) in [5.74, 6) is -9.55. The van der Waals surface area contributed by atoms with Gasteiger partial charge in [-0.15, -0.1) is 19.8 Å². The zero-order valence-electron chi connectivity index (χ0n) is 24.5. The first-order valence-electron chi connectivity index (χ1n) is 14.2. The van der Waals surface area contributed by atoms with Gasteiger partial charge in [0.05, 0.1) is 13.2 Å². The van der Waals surface area contributed by atoms with Gasteiger partial charge in [0, 0.05) is 28.7 Å². The third-order valence-corrected chi connectivity index (χ3v) is 7.31. The van der Waals surface area contributed by atoms with E-state index >= 15 is 8.78 Å². The van der Waals surface area contributed by atoms with Crippen molar-refractivity contribution in [2.75, 3.05) is 13.2 Å². The summed E-state index contributed by atoms with van der Waals surface area (Å²) in [5.41, 5.74) is -2.39. The lowest BCUT2D eigenvalue weighted by Crippen LogP contribution is -2.27. The molecule has 4 aromatic carbocycles. The van der Waals surface area contributed by atoms with Crippen molar-refractivity contribution < 1.29 is 62.9 Å². The van der Waals surface area contributed by atoms with Crippen LogP contribution in [0.5, 0.6) is 11.5 Å². The van der Waals surface area contributed by atoms with E-state index in [9.17, 15) is 35.1 Å². The fourth-order valence-corrected chi connectivity index (χ4v) is 5.04. The highest BCUT2D eigenvalue weighted by Crippen LogP contribution is 2.39. The van der Waals surface area contributed by atoms with Crippen molar-refractivity contribution in [3.8, 4) is 33.8 Å². The summed E-state index contributed by atoms with van der Waals surface area (Å²) in [5, 5.41) is 0. The van der Waals surface area contributed by atoms with Crippen LogP contribution < -0.4 is 9.47 Å². The van der Waals surface area contributed by atoms with E-state index in [-0.39, 0.29) is 23.1 Å². The Morgan fingerprint density at radius 1 is 0.688 bits per heavy atom. The monoisotopic (exact) mass is 686 g/mol. The molecular formula is C34H24F10O4. The smallest absolute Gasteiger partial charge is 0.429 e. The molecule has 4 nitrogen and oxygen atoms in total. The molecule has 0 atom stereocenters. The molecule has 0 amide bonds. The van der Waals surface area contributed by atoms with Crippen LogP contribution in [-0.4, -0.2) is 19.6 Å². The SMILES string of the molecule is C=CCCC1COC(c2ccc(-c3ccc(-c4cc(F)c(C(F)(F)Oc5ccc(OC(F)(F)F)c(F)c5)c(F)c4)c(F)c3)c(F)c2)OC1. The zero-order valence-corrected chi connectivity index (χ0v) is 24.5. The third kappa shape index (κ3) is 7.93. The van der Waals surface area contributed by atoms with Crippen molar-refractivity contribution in [3.63, 3.8) is 0 Å². The number of hydrogen-bond donors (Lipinski definition) is 0. The molecule has 0 saturated carbocycles. The molecule has 14 heteroatoms. The van der Waals surface area contributed by atoms with E-state index in [2.05, 4.69) is 16.1 Å². The lowest BCUT2D eigenvalue weighted by molar-refractivity contribution is -0.275. The number of ether oxygens (including phenoxy) is 4. The van der Waals surface area contributed by atoms with Gasteiger partial charge < -0.3 is 18.9 Å². The highest BCUT2D eigenvalue weighted by Gasteiger charge is 2.42. The fraction of sp³-hybridized carbons (Fsp3) is 0.235. The Kier molecular flexibility index (Phi) is 10.1. The van der Waals surface area contributed by atoms with Gasteiger partial charge in [-0.05, 0) is 60.4 Å². The van der Waals surface area contributed by atoms with E-state index in [0.717, 1.165) is 25.0 Å². The average molecular weight is 687 g/mol. The highest BCUT2D eigenvalue weighted by atomic mass is 19.4. The van der Waals surface area contributed by atoms with E-state index in [4.69, 9.17) is 9.47 Å². The zero-order chi connectivity index (χ0) is 34.8. The first-order chi connectivity index (χ1) is 22.6. The Hall–Kier alpha value is -4.56. The molecular weight excluding hydrogens is 662 g/mol. The number of benzene rings is 4. The number of alkyl halides is 5. The van der Waals surface area contributed by atoms with Crippen LogP contribution in [0.1, 0.15) is 30.3 Å². The minimum absolute atomic E-state index is 0.0113. The Balaban J connectivity index is 1.32. The lowest BCUT2D eigenvalue weighted by Gasteiger charge is -2.29. The van der Waals surface area contributed by atoms with E-state index in [1.54, 1.807) is 12.1 Å². The molecule has 5 rings (SSSR count). The number of allylic oxidation sites excluding steroid dienone is 1. The molecule has 0 radical (unpaired) electrons. The van der Waals surface area contributed by atoms with E-state index in [1.807, 2.05) is 0 Å². The van der Waals surface area contributed by atoms with Crippen molar-refractivity contribution in [1.82, 2.24) is 0 Å². The fourth-order valence-electron chi connectivity index (χ4n) is 5.04. The van der Waals surface area contributed by atoms with Crippen LogP contribution in [0, 0.1) is 35.0 Å². The van der Waals surface area contributed by atoms with Crippen LogP contribution in [0.25, 0.3) is 22.3 Å². The summed E-state index contributed by atoms with van der Waals surface area (Å²) in [6, 6.07) is 9.04. The van der Waals surface area contributed by atoms with E-state index in [0.29, 0.717) is 43.0 Å². The Labute approximate surface area is 267 Å². The van der Waals surface area contributed by atoms with Gasteiger partial charge in [-0.3, -0.25) is 0 Å². The standard InChI is InChI=1S/C34H24F10O4/c1-2-3-4-18-16-45-32(46-17-18)20-6-9-23(26(36)12-20)19-5-8-24(25(35)11-19)21-13-28(38)31(29(39)14-21)33(40,41)47-22-7-10-30(27(37)15-22)48-34(42,43)44/h2,5-15,18,32H,1,3-4,16-17H2. The Morgan fingerprint density at radius 3 is 1.88 bits per heavy atom. The molecule has 254 valence electrons. The molecule has 1 saturated heterocycles. The molecule has 48 heavy (non-hydrogen) atoms. The number of rotatable bonds is 10. The third-order valence-electron chi connectivity index (χ3n) is 7.31. The van der Waals surface area contributed by atoms with Gasteiger partial charge in [-0.25, -0.2) is 22.0 Å². The molecule has 0 N–H and O–H groups in total. The lowest BCUT2D eigenvalue weighted by atomic mass is 9.97. The van der Waals surface area contributed by atoms with Crippen molar-refractivity contribution in [3.05, 3.63) is 120 Å². The van der Waals surface area contributed by atoms with Crippen molar-refractivity contribution in [2.24, 2.45) is 5.92 Å². The molecule has 1 aliphatic heterocycles. The van der Waals surface area contributed by atoms with Crippen molar-refractivity contribution >= 4 is 0 Å². The first-order valence-corrected chi connectivity index (χ1v) is 14.2. The largest absolute Gasteiger partial charge is 0.573 e. The summed E-state index contributed by atoms with van der Waals surface area (Å²) < 4.78 is 160. The van der Waals surface area contributed by atoms with Gasteiger partial charge in [0.2, 0.25) is 0 Å².